The van der Waals surface area contributed by atoms with Gasteiger partial charge >= 0.3 is 6.18 Å². The highest BCUT2D eigenvalue weighted by atomic mass is 32.2. The van der Waals surface area contributed by atoms with Crippen LogP contribution in [0, 0.1) is 13.3 Å². The van der Waals surface area contributed by atoms with Gasteiger partial charge in [-0.3, -0.25) is 9.97 Å². The van der Waals surface area contributed by atoms with E-state index in [1.807, 2.05) is 31.5 Å². The van der Waals surface area contributed by atoms with Gasteiger partial charge in [0.2, 0.25) is 10.0 Å². The van der Waals surface area contributed by atoms with Crippen molar-refractivity contribution < 1.29 is 21.6 Å². The highest BCUT2D eigenvalue weighted by molar-refractivity contribution is 7.89. The standard InChI is InChI=1S/C22H22F3N4O2S/c1-16-20-7-4-18(27-21(20)8-10-26-16)9-11-28-12-14-29(15-13-28)32(30,31)19-5-2-17(3-6-19)22(23,24)25/h2-10H,11-15H2,1H3. The second kappa shape index (κ2) is 8.76. The predicted octanol–water partition coefficient (Wildman–Crippen LogP) is 3.52. The molecule has 0 atom stereocenters. The lowest BCUT2D eigenvalue weighted by Crippen LogP contribution is -2.48. The molecule has 1 aliphatic rings. The number of benzene rings is 1. The Kier molecular flexibility index (Phi) is 6.19. The van der Waals surface area contributed by atoms with Gasteiger partial charge in [0.1, 0.15) is 0 Å². The van der Waals surface area contributed by atoms with Crippen LogP contribution in [0.15, 0.2) is 53.6 Å². The summed E-state index contributed by atoms with van der Waals surface area (Å²) in [5.74, 6) is 0. The number of hydrogen-bond donors (Lipinski definition) is 0. The molecule has 0 amide bonds. The van der Waals surface area contributed by atoms with Gasteiger partial charge < -0.3 is 4.90 Å². The summed E-state index contributed by atoms with van der Waals surface area (Å²) < 4.78 is 65.1. The van der Waals surface area contributed by atoms with E-state index in [4.69, 9.17) is 0 Å². The smallest absolute Gasteiger partial charge is 0.300 e. The first-order chi connectivity index (χ1) is 15.1. The molecule has 0 aliphatic carbocycles. The highest BCUT2D eigenvalue weighted by Crippen LogP contribution is 2.30. The van der Waals surface area contributed by atoms with Crippen LogP contribution in [0.1, 0.15) is 17.0 Å². The van der Waals surface area contributed by atoms with Crippen LogP contribution in [0.5, 0.6) is 0 Å². The Morgan fingerprint density at radius 2 is 1.69 bits per heavy atom. The summed E-state index contributed by atoms with van der Waals surface area (Å²) in [6, 6.07) is 9.41. The summed E-state index contributed by atoms with van der Waals surface area (Å²) in [7, 11) is -3.83. The van der Waals surface area contributed by atoms with Crippen molar-refractivity contribution >= 4 is 20.9 Å². The fraction of sp³-hybridized carbons (Fsp3) is 0.318. The quantitative estimate of drug-likeness (QED) is 0.579. The molecule has 1 aromatic carbocycles. The molecule has 1 saturated heterocycles. The number of piperazine rings is 1. The lowest BCUT2D eigenvalue weighted by molar-refractivity contribution is -0.137. The Morgan fingerprint density at radius 3 is 2.34 bits per heavy atom. The topological polar surface area (TPSA) is 66.4 Å². The Hall–Kier alpha value is -2.56. The van der Waals surface area contributed by atoms with E-state index in [0.717, 1.165) is 46.6 Å². The number of fused-ring (bicyclic) bond motifs is 1. The molecule has 0 spiro atoms. The van der Waals surface area contributed by atoms with Crippen LogP contribution in [-0.2, 0) is 16.2 Å². The normalized spacial score (nSPS) is 16.5. The van der Waals surface area contributed by atoms with Crippen molar-refractivity contribution in [3.05, 3.63) is 72.0 Å². The molecule has 0 N–H and O–H groups in total. The lowest BCUT2D eigenvalue weighted by atomic mass is 10.1. The summed E-state index contributed by atoms with van der Waals surface area (Å²) in [6.45, 7) is 4.14. The second-order valence-corrected chi connectivity index (χ2v) is 9.57. The third kappa shape index (κ3) is 4.77. The first-order valence-corrected chi connectivity index (χ1v) is 11.5. The average molecular weight is 464 g/mol. The molecule has 1 radical (unpaired) electrons. The van der Waals surface area contributed by atoms with Crippen molar-refractivity contribution in [3.8, 4) is 0 Å². The first-order valence-electron chi connectivity index (χ1n) is 10.1. The van der Waals surface area contributed by atoms with Gasteiger partial charge in [0.05, 0.1) is 16.0 Å². The zero-order chi connectivity index (χ0) is 22.9. The Bertz CT molecular complexity index is 1210. The molecule has 0 bridgehead atoms. The number of alkyl halides is 3. The molecule has 3 heterocycles. The van der Waals surface area contributed by atoms with Gasteiger partial charge in [0, 0.05) is 62.1 Å². The molecule has 0 unspecified atom stereocenters. The number of hydrogen-bond acceptors (Lipinski definition) is 5. The van der Waals surface area contributed by atoms with Crippen LogP contribution in [0.2, 0.25) is 0 Å². The maximum Gasteiger partial charge on any atom is 0.416 e. The van der Waals surface area contributed by atoms with Crippen LogP contribution in [0.3, 0.4) is 0 Å². The van der Waals surface area contributed by atoms with Gasteiger partial charge in [-0.1, -0.05) is 0 Å². The second-order valence-electron chi connectivity index (χ2n) is 7.63. The van der Waals surface area contributed by atoms with E-state index >= 15 is 0 Å². The molecule has 1 aliphatic heterocycles. The van der Waals surface area contributed by atoms with Gasteiger partial charge in [-0.15, -0.1) is 0 Å². The third-order valence-electron chi connectivity index (χ3n) is 5.55. The molecule has 6 nitrogen and oxygen atoms in total. The summed E-state index contributed by atoms with van der Waals surface area (Å²) in [5.41, 5.74) is 1.76. The Morgan fingerprint density at radius 1 is 1.00 bits per heavy atom. The number of rotatable bonds is 5. The van der Waals surface area contributed by atoms with E-state index < -0.39 is 21.8 Å². The van der Waals surface area contributed by atoms with Crippen molar-refractivity contribution in [3.63, 3.8) is 0 Å². The fourth-order valence-corrected chi connectivity index (χ4v) is 5.09. The Labute approximate surface area is 184 Å². The molecule has 169 valence electrons. The predicted molar refractivity (Wildman–Crippen MR) is 114 cm³/mol. The van der Waals surface area contributed by atoms with Crippen LogP contribution < -0.4 is 0 Å². The maximum absolute atomic E-state index is 12.8. The van der Waals surface area contributed by atoms with Crippen molar-refractivity contribution in [1.29, 1.82) is 0 Å². The maximum atomic E-state index is 12.8. The van der Waals surface area contributed by atoms with Crippen molar-refractivity contribution in [2.45, 2.75) is 18.0 Å². The zero-order valence-corrected chi connectivity index (χ0v) is 18.2. The van der Waals surface area contributed by atoms with Gasteiger partial charge in [0.25, 0.3) is 0 Å². The highest BCUT2D eigenvalue weighted by Gasteiger charge is 2.32. The summed E-state index contributed by atoms with van der Waals surface area (Å²) in [6.07, 6.45) is -0.778. The molecule has 4 rings (SSSR count). The van der Waals surface area contributed by atoms with Crippen molar-refractivity contribution in [2.75, 3.05) is 32.7 Å². The SMILES string of the molecule is Cc1nccc2nc([CH]CN3CCN(S(=O)(=O)c4ccc(C(F)(F)F)cc4)CC3)ccc12. The van der Waals surface area contributed by atoms with E-state index in [1.165, 1.54) is 4.31 Å². The number of pyridine rings is 2. The molecule has 1 fully saturated rings. The largest absolute Gasteiger partial charge is 0.416 e. The minimum absolute atomic E-state index is 0.129. The lowest BCUT2D eigenvalue weighted by Gasteiger charge is -2.33. The van der Waals surface area contributed by atoms with Gasteiger partial charge in [-0.05, 0) is 49.4 Å². The zero-order valence-electron chi connectivity index (χ0n) is 17.4. The fourth-order valence-electron chi connectivity index (χ4n) is 3.67. The van der Waals surface area contributed by atoms with Crippen LogP contribution >= 0.6 is 0 Å². The number of sulfonamides is 1. The number of halogens is 3. The molecule has 0 saturated carbocycles. The van der Waals surface area contributed by atoms with Gasteiger partial charge in [0.15, 0.2) is 0 Å². The minimum atomic E-state index is -4.50. The summed E-state index contributed by atoms with van der Waals surface area (Å²) >= 11 is 0. The summed E-state index contributed by atoms with van der Waals surface area (Å²) in [4.78, 5) is 10.9. The van der Waals surface area contributed by atoms with Crippen LogP contribution in [-0.4, -0.2) is 60.3 Å². The monoisotopic (exact) mass is 463 g/mol. The van der Waals surface area contributed by atoms with E-state index in [0.29, 0.717) is 19.6 Å². The van der Waals surface area contributed by atoms with Crippen molar-refractivity contribution in [1.82, 2.24) is 19.2 Å². The molecule has 2 aromatic heterocycles. The molecular formula is C22H22F3N4O2S. The number of aromatic nitrogens is 2. The minimum Gasteiger partial charge on any atom is -0.300 e. The van der Waals surface area contributed by atoms with E-state index in [9.17, 15) is 21.6 Å². The number of aryl methyl sites for hydroxylation is 1. The van der Waals surface area contributed by atoms with Crippen LogP contribution in [0.25, 0.3) is 10.9 Å². The van der Waals surface area contributed by atoms with E-state index in [-0.39, 0.29) is 18.0 Å². The van der Waals surface area contributed by atoms with E-state index in [2.05, 4.69) is 14.9 Å². The van der Waals surface area contributed by atoms with Gasteiger partial charge in [-0.25, -0.2) is 8.42 Å². The van der Waals surface area contributed by atoms with Crippen molar-refractivity contribution in [2.24, 2.45) is 0 Å². The third-order valence-corrected chi connectivity index (χ3v) is 7.46. The van der Waals surface area contributed by atoms with E-state index in [1.54, 1.807) is 6.20 Å². The van der Waals surface area contributed by atoms with Gasteiger partial charge in [-0.2, -0.15) is 17.5 Å². The average Bonchev–Trinajstić information content (AvgIpc) is 2.77. The first kappa shape index (κ1) is 22.6. The van der Waals surface area contributed by atoms with Crippen LogP contribution in [0.4, 0.5) is 13.2 Å². The Balaban J connectivity index is 1.34. The molecule has 32 heavy (non-hydrogen) atoms. The summed E-state index contributed by atoms with van der Waals surface area (Å²) in [5, 5.41) is 1.01. The number of nitrogens with zero attached hydrogens (tertiary/aromatic N) is 4. The molecule has 10 heteroatoms. The molecular weight excluding hydrogens is 441 g/mol. The molecule has 3 aromatic rings.